The number of methoxy groups -OCH3 is 1. The number of aromatic nitrogens is 1. The van der Waals surface area contributed by atoms with Crippen molar-refractivity contribution in [3.8, 4) is 16.9 Å². The molecule has 2 aromatic carbocycles. The van der Waals surface area contributed by atoms with Crippen molar-refractivity contribution in [2.75, 3.05) is 13.7 Å². The minimum absolute atomic E-state index is 0.320. The van der Waals surface area contributed by atoms with E-state index in [2.05, 4.69) is 23.2 Å². The van der Waals surface area contributed by atoms with E-state index in [4.69, 9.17) is 21.1 Å². The summed E-state index contributed by atoms with van der Waals surface area (Å²) in [6, 6.07) is 15.9. The Morgan fingerprint density at radius 3 is 2.93 bits per heavy atom. The Balaban J connectivity index is 1.55. The van der Waals surface area contributed by atoms with Gasteiger partial charge in [-0.3, -0.25) is 4.98 Å². The van der Waals surface area contributed by atoms with Crippen LogP contribution in [0.25, 0.3) is 11.1 Å². The largest absolute Gasteiger partial charge is 0.493 e. The third-order valence-corrected chi connectivity index (χ3v) is 5.76. The van der Waals surface area contributed by atoms with Crippen LogP contribution in [0.4, 0.5) is 0 Å². The second kappa shape index (κ2) is 8.66. The van der Waals surface area contributed by atoms with Gasteiger partial charge >= 0.3 is 5.97 Å². The summed E-state index contributed by atoms with van der Waals surface area (Å²) < 4.78 is 10.8. The van der Waals surface area contributed by atoms with Crippen molar-refractivity contribution in [3.63, 3.8) is 0 Å². The SMILES string of the molecule is COC(=O)c1ccncc1CC[C@H]1CCOc2cc(-c3ccccc3Cl)ccc21. The predicted octanol–water partition coefficient (Wildman–Crippen LogP) is 5.69. The molecule has 29 heavy (non-hydrogen) atoms. The molecule has 0 saturated heterocycles. The zero-order valence-corrected chi connectivity index (χ0v) is 17.0. The number of esters is 1. The summed E-state index contributed by atoms with van der Waals surface area (Å²) in [6.45, 7) is 0.681. The Morgan fingerprint density at radius 2 is 2.10 bits per heavy atom. The lowest BCUT2D eigenvalue weighted by molar-refractivity contribution is 0.0599. The standard InChI is InChI=1S/C24H22ClNO3/c1-28-24(27)21-10-12-26-15-18(21)7-6-16-11-13-29-23-14-17(8-9-20(16)23)19-4-2-3-5-22(19)25/h2-5,8-10,12,14-16H,6-7,11,13H2,1H3/t16-/m0/s1. The number of hydrogen-bond acceptors (Lipinski definition) is 4. The van der Waals surface area contributed by atoms with Crippen LogP contribution in [-0.4, -0.2) is 24.7 Å². The van der Waals surface area contributed by atoms with Gasteiger partial charge in [0.25, 0.3) is 0 Å². The number of ether oxygens (including phenoxy) is 2. The summed E-state index contributed by atoms with van der Waals surface area (Å²) in [7, 11) is 1.40. The lowest BCUT2D eigenvalue weighted by Crippen LogP contribution is -2.15. The third kappa shape index (κ3) is 4.13. The molecule has 0 radical (unpaired) electrons. The van der Waals surface area contributed by atoms with Crippen molar-refractivity contribution >= 4 is 17.6 Å². The Morgan fingerprint density at radius 1 is 1.24 bits per heavy atom. The molecule has 1 aliphatic heterocycles. The summed E-state index contributed by atoms with van der Waals surface area (Å²) in [5.41, 5.74) is 4.76. The Bertz CT molecular complexity index is 1030. The Labute approximate surface area is 175 Å². The minimum atomic E-state index is -0.320. The van der Waals surface area contributed by atoms with Gasteiger partial charge in [0.1, 0.15) is 5.75 Å². The summed E-state index contributed by atoms with van der Waals surface area (Å²) in [4.78, 5) is 16.2. The van der Waals surface area contributed by atoms with Crippen LogP contribution in [0.3, 0.4) is 0 Å². The van der Waals surface area contributed by atoms with E-state index in [1.54, 1.807) is 18.5 Å². The number of benzene rings is 2. The van der Waals surface area contributed by atoms with Crippen LogP contribution in [0.2, 0.25) is 5.02 Å². The molecule has 0 N–H and O–H groups in total. The van der Waals surface area contributed by atoms with Gasteiger partial charge < -0.3 is 9.47 Å². The van der Waals surface area contributed by atoms with E-state index in [1.807, 2.05) is 24.3 Å². The molecular weight excluding hydrogens is 386 g/mol. The summed E-state index contributed by atoms with van der Waals surface area (Å²) in [5.74, 6) is 0.960. The fourth-order valence-electron chi connectivity index (χ4n) is 3.89. The molecule has 5 heteroatoms. The predicted molar refractivity (Wildman–Crippen MR) is 114 cm³/mol. The van der Waals surface area contributed by atoms with Crippen LogP contribution < -0.4 is 4.74 Å². The van der Waals surface area contributed by atoms with Gasteiger partial charge in [0.15, 0.2) is 0 Å². The number of rotatable bonds is 5. The van der Waals surface area contributed by atoms with Gasteiger partial charge in [-0.1, -0.05) is 41.9 Å². The van der Waals surface area contributed by atoms with Crippen molar-refractivity contribution in [1.29, 1.82) is 0 Å². The molecule has 0 fully saturated rings. The molecule has 0 amide bonds. The maximum absolute atomic E-state index is 12.0. The number of aryl methyl sites for hydroxylation is 1. The minimum Gasteiger partial charge on any atom is -0.493 e. The molecule has 1 aliphatic rings. The summed E-state index contributed by atoms with van der Waals surface area (Å²) in [5, 5.41) is 0.728. The van der Waals surface area contributed by atoms with Gasteiger partial charge in [0.05, 0.1) is 19.3 Å². The van der Waals surface area contributed by atoms with E-state index in [9.17, 15) is 4.79 Å². The van der Waals surface area contributed by atoms with Crippen LogP contribution >= 0.6 is 11.6 Å². The van der Waals surface area contributed by atoms with E-state index in [0.717, 1.165) is 46.7 Å². The summed E-state index contributed by atoms with van der Waals surface area (Å²) >= 11 is 6.36. The quantitative estimate of drug-likeness (QED) is 0.510. The average molecular weight is 408 g/mol. The molecule has 0 aliphatic carbocycles. The first kappa shape index (κ1) is 19.5. The van der Waals surface area contributed by atoms with Crippen molar-refractivity contribution in [3.05, 3.63) is 82.6 Å². The molecular formula is C24H22ClNO3. The molecule has 0 saturated carbocycles. The van der Waals surface area contributed by atoms with Crippen molar-refractivity contribution in [1.82, 2.24) is 4.98 Å². The lowest BCUT2D eigenvalue weighted by Gasteiger charge is -2.27. The van der Waals surface area contributed by atoms with Crippen molar-refractivity contribution < 1.29 is 14.3 Å². The van der Waals surface area contributed by atoms with Crippen LogP contribution in [0.1, 0.15) is 40.2 Å². The Kier molecular flexibility index (Phi) is 5.81. The smallest absolute Gasteiger partial charge is 0.338 e. The van der Waals surface area contributed by atoms with E-state index < -0.39 is 0 Å². The summed E-state index contributed by atoms with van der Waals surface area (Å²) in [6.07, 6.45) is 6.00. The molecule has 1 atom stereocenters. The second-order valence-electron chi connectivity index (χ2n) is 7.13. The fourth-order valence-corrected chi connectivity index (χ4v) is 4.14. The number of pyridine rings is 1. The van der Waals surface area contributed by atoms with Crippen molar-refractivity contribution in [2.45, 2.75) is 25.2 Å². The molecule has 148 valence electrons. The molecule has 4 nitrogen and oxygen atoms in total. The number of halogens is 1. The molecule has 1 aromatic heterocycles. The maximum atomic E-state index is 12.0. The van der Waals surface area contributed by atoms with Gasteiger partial charge in [-0.05, 0) is 60.1 Å². The molecule has 0 bridgehead atoms. The first-order valence-corrected chi connectivity index (χ1v) is 10.1. The third-order valence-electron chi connectivity index (χ3n) is 5.43. The van der Waals surface area contributed by atoms with Gasteiger partial charge in [0, 0.05) is 23.0 Å². The van der Waals surface area contributed by atoms with Crippen LogP contribution in [-0.2, 0) is 11.2 Å². The monoisotopic (exact) mass is 407 g/mol. The number of carbonyl (C=O) groups excluding carboxylic acids is 1. The van der Waals surface area contributed by atoms with Crippen LogP contribution in [0, 0.1) is 0 Å². The average Bonchev–Trinajstić information content (AvgIpc) is 2.77. The van der Waals surface area contributed by atoms with Gasteiger partial charge in [0.2, 0.25) is 0 Å². The Hall–Kier alpha value is -2.85. The van der Waals surface area contributed by atoms with Gasteiger partial charge in [-0.2, -0.15) is 0 Å². The fraction of sp³-hybridized carbons (Fsp3) is 0.250. The van der Waals surface area contributed by atoms with Crippen LogP contribution in [0.15, 0.2) is 60.9 Å². The van der Waals surface area contributed by atoms with E-state index in [0.29, 0.717) is 18.1 Å². The highest BCUT2D eigenvalue weighted by molar-refractivity contribution is 6.33. The zero-order valence-electron chi connectivity index (χ0n) is 16.2. The highest BCUT2D eigenvalue weighted by atomic mass is 35.5. The molecule has 4 rings (SSSR count). The number of fused-ring (bicyclic) bond motifs is 1. The molecule has 3 aromatic rings. The number of hydrogen-bond donors (Lipinski definition) is 0. The van der Waals surface area contributed by atoms with E-state index in [1.165, 1.54) is 12.7 Å². The second-order valence-corrected chi connectivity index (χ2v) is 7.54. The first-order chi connectivity index (χ1) is 14.2. The number of carbonyl (C=O) groups is 1. The first-order valence-electron chi connectivity index (χ1n) is 9.70. The zero-order chi connectivity index (χ0) is 20.2. The highest BCUT2D eigenvalue weighted by Gasteiger charge is 2.23. The molecule has 2 heterocycles. The number of nitrogens with zero attached hydrogens (tertiary/aromatic N) is 1. The highest BCUT2D eigenvalue weighted by Crippen LogP contribution is 2.40. The molecule has 0 spiro atoms. The van der Waals surface area contributed by atoms with E-state index >= 15 is 0 Å². The molecule has 0 unspecified atom stereocenters. The van der Waals surface area contributed by atoms with Gasteiger partial charge in [-0.15, -0.1) is 0 Å². The topological polar surface area (TPSA) is 48.4 Å². The normalized spacial score (nSPS) is 15.3. The maximum Gasteiger partial charge on any atom is 0.338 e. The van der Waals surface area contributed by atoms with Crippen LogP contribution in [0.5, 0.6) is 5.75 Å². The van der Waals surface area contributed by atoms with E-state index in [-0.39, 0.29) is 5.97 Å². The van der Waals surface area contributed by atoms with Crippen molar-refractivity contribution in [2.24, 2.45) is 0 Å². The van der Waals surface area contributed by atoms with Gasteiger partial charge in [-0.25, -0.2) is 4.79 Å². The lowest BCUT2D eigenvalue weighted by atomic mass is 9.86.